The molecule has 20 heavy (non-hydrogen) atoms. The van der Waals surface area contributed by atoms with Crippen molar-refractivity contribution in [2.45, 2.75) is 34.1 Å². The molecular weight excluding hydrogens is 314 g/mol. The van der Waals surface area contributed by atoms with E-state index in [0.29, 0.717) is 5.92 Å². The third kappa shape index (κ3) is 6.58. The van der Waals surface area contributed by atoms with Gasteiger partial charge in [0.1, 0.15) is 5.75 Å². The number of ether oxygens (including phenoxy) is 1. The molecule has 0 amide bonds. The van der Waals surface area contributed by atoms with Crippen molar-refractivity contribution in [3.8, 4) is 5.75 Å². The first-order chi connectivity index (χ1) is 9.52. The Bertz CT molecular complexity index is 441. The molecule has 0 saturated carbocycles. The van der Waals surface area contributed by atoms with E-state index < -0.39 is 0 Å². The Kier molecular flexibility index (Phi) is 7.93. The van der Waals surface area contributed by atoms with E-state index in [4.69, 9.17) is 4.74 Å². The van der Waals surface area contributed by atoms with Gasteiger partial charge in [-0.25, -0.2) is 0 Å². The fourth-order valence-electron chi connectivity index (χ4n) is 1.85. The average molecular weight is 340 g/mol. The summed E-state index contributed by atoms with van der Waals surface area (Å²) in [7, 11) is 0. The molecule has 0 heterocycles. The van der Waals surface area contributed by atoms with Crippen molar-refractivity contribution in [3.63, 3.8) is 0 Å². The minimum Gasteiger partial charge on any atom is -0.493 e. The molecule has 112 valence electrons. The standard InChI is InChI=1S/C17H26BrNO/c1-5-8-20-17-7-6-16(18)10-15(17)9-14(4)12-19-11-13(2)3/h6-7,9-10,13,19H,5,8,11-12H2,1-4H3. The molecule has 0 aliphatic carbocycles. The van der Waals surface area contributed by atoms with Crippen LogP contribution in [0.3, 0.4) is 0 Å². The van der Waals surface area contributed by atoms with E-state index in [1.165, 1.54) is 5.57 Å². The topological polar surface area (TPSA) is 21.3 Å². The predicted molar refractivity (Wildman–Crippen MR) is 91.3 cm³/mol. The Morgan fingerprint density at radius 2 is 2.15 bits per heavy atom. The molecule has 1 aromatic rings. The van der Waals surface area contributed by atoms with Crippen molar-refractivity contribution in [3.05, 3.63) is 33.8 Å². The zero-order valence-corrected chi connectivity index (χ0v) is 14.6. The van der Waals surface area contributed by atoms with Crippen LogP contribution in [0.2, 0.25) is 0 Å². The minimum absolute atomic E-state index is 0.678. The number of rotatable bonds is 8. The van der Waals surface area contributed by atoms with Gasteiger partial charge in [-0.1, -0.05) is 48.4 Å². The summed E-state index contributed by atoms with van der Waals surface area (Å²) >= 11 is 3.53. The van der Waals surface area contributed by atoms with Crippen molar-refractivity contribution in [1.29, 1.82) is 0 Å². The Balaban J connectivity index is 2.74. The van der Waals surface area contributed by atoms with Gasteiger partial charge in [0.05, 0.1) is 6.61 Å². The van der Waals surface area contributed by atoms with Crippen molar-refractivity contribution >= 4 is 22.0 Å². The van der Waals surface area contributed by atoms with Gasteiger partial charge in [-0.2, -0.15) is 0 Å². The van der Waals surface area contributed by atoms with E-state index in [1.54, 1.807) is 0 Å². The van der Waals surface area contributed by atoms with Crippen molar-refractivity contribution in [2.75, 3.05) is 19.7 Å². The third-order valence-corrected chi connectivity index (χ3v) is 3.29. The number of hydrogen-bond acceptors (Lipinski definition) is 2. The Labute approximate surface area is 131 Å². The predicted octanol–water partition coefficient (Wildman–Crippen LogP) is 4.89. The summed E-state index contributed by atoms with van der Waals surface area (Å²) in [4.78, 5) is 0. The molecule has 0 unspecified atom stereocenters. The van der Waals surface area contributed by atoms with E-state index in [9.17, 15) is 0 Å². The summed E-state index contributed by atoms with van der Waals surface area (Å²) in [6, 6.07) is 6.16. The van der Waals surface area contributed by atoms with Crippen molar-refractivity contribution in [1.82, 2.24) is 5.32 Å². The fourth-order valence-corrected chi connectivity index (χ4v) is 2.23. The second-order valence-corrected chi connectivity index (χ2v) is 6.46. The first-order valence-electron chi connectivity index (χ1n) is 7.33. The lowest BCUT2D eigenvalue weighted by Gasteiger charge is -2.11. The molecule has 0 saturated heterocycles. The van der Waals surface area contributed by atoms with E-state index >= 15 is 0 Å². The highest BCUT2D eigenvalue weighted by Gasteiger charge is 2.03. The quantitative estimate of drug-likeness (QED) is 0.728. The Morgan fingerprint density at radius 3 is 2.80 bits per heavy atom. The van der Waals surface area contributed by atoms with Gasteiger partial charge in [0.25, 0.3) is 0 Å². The fraction of sp³-hybridized carbons (Fsp3) is 0.529. The lowest BCUT2D eigenvalue weighted by atomic mass is 10.1. The van der Waals surface area contributed by atoms with Gasteiger partial charge in [0.15, 0.2) is 0 Å². The summed E-state index contributed by atoms with van der Waals surface area (Å²) in [6.45, 7) is 11.4. The average Bonchev–Trinajstić information content (AvgIpc) is 2.37. The van der Waals surface area contributed by atoms with Crippen LogP contribution in [0.4, 0.5) is 0 Å². The highest BCUT2D eigenvalue weighted by Crippen LogP contribution is 2.25. The highest BCUT2D eigenvalue weighted by molar-refractivity contribution is 9.10. The summed E-state index contributed by atoms with van der Waals surface area (Å²) in [6.07, 6.45) is 3.22. The highest BCUT2D eigenvalue weighted by atomic mass is 79.9. The number of benzene rings is 1. The second kappa shape index (κ2) is 9.19. The summed E-state index contributed by atoms with van der Waals surface area (Å²) < 4.78 is 6.88. The van der Waals surface area contributed by atoms with Gasteiger partial charge in [0, 0.05) is 16.6 Å². The molecule has 3 heteroatoms. The largest absolute Gasteiger partial charge is 0.493 e. The van der Waals surface area contributed by atoms with Gasteiger partial charge in [-0.05, 0) is 44.0 Å². The van der Waals surface area contributed by atoms with Crippen molar-refractivity contribution in [2.24, 2.45) is 5.92 Å². The van der Waals surface area contributed by atoms with Gasteiger partial charge >= 0.3 is 0 Å². The first-order valence-corrected chi connectivity index (χ1v) is 8.12. The molecule has 0 aromatic heterocycles. The zero-order valence-electron chi connectivity index (χ0n) is 13.0. The van der Waals surface area contributed by atoms with Gasteiger partial charge < -0.3 is 10.1 Å². The Morgan fingerprint density at radius 1 is 1.40 bits per heavy atom. The van der Waals surface area contributed by atoms with Crippen LogP contribution >= 0.6 is 15.9 Å². The van der Waals surface area contributed by atoms with Gasteiger partial charge in [-0.15, -0.1) is 0 Å². The first kappa shape index (κ1) is 17.3. The molecule has 1 N–H and O–H groups in total. The summed E-state index contributed by atoms with van der Waals surface area (Å²) in [5, 5.41) is 3.46. The summed E-state index contributed by atoms with van der Waals surface area (Å²) in [5.41, 5.74) is 2.45. The van der Waals surface area contributed by atoms with Crippen LogP contribution in [0, 0.1) is 5.92 Å². The maximum Gasteiger partial charge on any atom is 0.126 e. The maximum atomic E-state index is 5.80. The number of nitrogens with one attached hydrogen (secondary N) is 1. The van der Waals surface area contributed by atoms with Crippen LogP contribution in [-0.2, 0) is 0 Å². The molecule has 0 aliphatic rings. The van der Waals surface area contributed by atoms with Crippen LogP contribution in [0.25, 0.3) is 6.08 Å². The lowest BCUT2D eigenvalue weighted by Crippen LogP contribution is -2.21. The van der Waals surface area contributed by atoms with Crippen molar-refractivity contribution < 1.29 is 4.74 Å². The van der Waals surface area contributed by atoms with Gasteiger partial charge in [0.2, 0.25) is 0 Å². The van der Waals surface area contributed by atoms with E-state index in [1.807, 2.05) is 12.1 Å². The second-order valence-electron chi connectivity index (χ2n) is 5.55. The molecule has 0 fully saturated rings. The van der Waals surface area contributed by atoms with Crippen LogP contribution < -0.4 is 10.1 Å². The zero-order chi connectivity index (χ0) is 15.0. The molecule has 1 rings (SSSR count). The van der Waals surface area contributed by atoms with Crippen LogP contribution in [0.5, 0.6) is 5.75 Å². The molecular formula is C17H26BrNO. The van der Waals surface area contributed by atoms with Crippen LogP contribution in [0.15, 0.2) is 28.2 Å². The molecule has 0 bridgehead atoms. The monoisotopic (exact) mass is 339 g/mol. The van der Waals surface area contributed by atoms with Crippen LogP contribution in [-0.4, -0.2) is 19.7 Å². The molecule has 2 nitrogen and oxygen atoms in total. The normalized spacial score (nSPS) is 12.0. The van der Waals surface area contributed by atoms with Crippen LogP contribution in [0.1, 0.15) is 39.7 Å². The van der Waals surface area contributed by atoms with E-state index in [0.717, 1.165) is 41.9 Å². The number of hydrogen-bond donors (Lipinski definition) is 1. The third-order valence-electron chi connectivity index (χ3n) is 2.79. The molecule has 0 aliphatic heterocycles. The van der Waals surface area contributed by atoms with Gasteiger partial charge in [-0.3, -0.25) is 0 Å². The molecule has 1 aromatic carbocycles. The maximum absolute atomic E-state index is 5.80. The smallest absolute Gasteiger partial charge is 0.126 e. The lowest BCUT2D eigenvalue weighted by molar-refractivity contribution is 0.316. The summed E-state index contributed by atoms with van der Waals surface area (Å²) in [5.74, 6) is 1.63. The van der Waals surface area contributed by atoms with E-state index in [-0.39, 0.29) is 0 Å². The SMILES string of the molecule is CCCOc1ccc(Br)cc1C=C(C)CNCC(C)C. The molecule has 0 spiro atoms. The Hall–Kier alpha value is -0.800. The molecule has 0 radical (unpaired) electrons. The van der Waals surface area contributed by atoms with E-state index in [2.05, 4.69) is 61.1 Å². The molecule has 0 atom stereocenters. The number of halogens is 1. The minimum atomic E-state index is 0.678.